The molecule has 0 aliphatic carbocycles. The van der Waals surface area contributed by atoms with Crippen LogP contribution in [0, 0.1) is 0 Å². The van der Waals surface area contributed by atoms with Gasteiger partial charge >= 0.3 is 0 Å². The average Bonchev–Trinajstić information content (AvgIpc) is 3.17. The molecule has 0 saturated carbocycles. The molecule has 1 aliphatic heterocycles. The number of H-pyrrole nitrogens is 1. The van der Waals surface area contributed by atoms with E-state index >= 15 is 0 Å². The molecule has 0 fully saturated rings. The number of nitrogens with one attached hydrogen (secondary N) is 2. The number of nitrogens with zero attached hydrogens (tertiary/aromatic N) is 2. The largest absolute Gasteiger partial charge is 0.548 e. The highest BCUT2D eigenvalue weighted by molar-refractivity contribution is 7.80. The first-order chi connectivity index (χ1) is 13.5. The molecule has 0 spiro atoms. The zero-order valence-corrected chi connectivity index (χ0v) is 16.2. The Morgan fingerprint density at radius 1 is 1.21 bits per heavy atom. The minimum absolute atomic E-state index is 0.226. The van der Waals surface area contributed by atoms with Crippen LogP contribution in [0.2, 0.25) is 5.02 Å². The zero-order chi connectivity index (χ0) is 19.7. The van der Waals surface area contributed by atoms with Crippen LogP contribution in [0.3, 0.4) is 0 Å². The van der Waals surface area contributed by atoms with E-state index in [2.05, 4.69) is 15.3 Å². The fourth-order valence-electron chi connectivity index (χ4n) is 3.46. The predicted octanol–water partition coefficient (Wildman–Crippen LogP) is 2.53. The normalized spacial score (nSPS) is 18.4. The summed E-state index contributed by atoms with van der Waals surface area (Å²) in [4.78, 5) is 21.1. The molecule has 142 valence electrons. The Bertz CT molecular complexity index is 1010. The Labute approximate surface area is 172 Å². The SMILES string of the molecule is O=C([O-])[C@@H]1Cc2[nH]cnc2[C@H](c2ccccc2)N1C(=S)Nc1ccc(Cl)cc1. The molecule has 6 nitrogen and oxygen atoms in total. The van der Waals surface area contributed by atoms with E-state index in [4.69, 9.17) is 23.8 Å². The molecule has 0 radical (unpaired) electrons. The Kier molecular flexibility index (Phi) is 5.02. The molecule has 0 amide bonds. The molecular formula is C20H16ClN4O2S-. The highest BCUT2D eigenvalue weighted by Gasteiger charge is 2.39. The molecule has 1 aliphatic rings. The van der Waals surface area contributed by atoms with E-state index in [9.17, 15) is 9.90 Å². The number of hydrogen-bond donors (Lipinski definition) is 2. The van der Waals surface area contributed by atoms with E-state index in [1.54, 1.807) is 35.5 Å². The van der Waals surface area contributed by atoms with Crippen LogP contribution in [0.4, 0.5) is 5.69 Å². The summed E-state index contributed by atoms with van der Waals surface area (Å²) in [5.74, 6) is -1.19. The second kappa shape index (κ2) is 7.61. The maximum absolute atomic E-state index is 12.0. The highest BCUT2D eigenvalue weighted by Crippen LogP contribution is 2.36. The second-order valence-corrected chi connectivity index (χ2v) is 7.29. The van der Waals surface area contributed by atoms with Crippen LogP contribution >= 0.6 is 23.8 Å². The van der Waals surface area contributed by atoms with Gasteiger partial charge in [-0.1, -0.05) is 41.9 Å². The number of aliphatic carboxylic acids is 1. The van der Waals surface area contributed by atoms with Crippen LogP contribution in [-0.4, -0.2) is 32.0 Å². The Balaban J connectivity index is 1.76. The van der Waals surface area contributed by atoms with Crippen LogP contribution in [0.25, 0.3) is 0 Å². The van der Waals surface area contributed by atoms with Crippen LogP contribution < -0.4 is 10.4 Å². The number of hydrogen-bond acceptors (Lipinski definition) is 4. The van der Waals surface area contributed by atoms with E-state index in [1.165, 1.54) is 0 Å². The van der Waals surface area contributed by atoms with Gasteiger partial charge in [0.05, 0.1) is 24.0 Å². The van der Waals surface area contributed by atoms with Gasteiger partial charge in [-0.2, -0.15) is 0 Å². The number of aromatic amines is 1. The minimum atomic E-state index is -1.19. The van der Waals surface area contributed by atoms with E-state index in [1.807, 2.05) is 30.3 Å². The van der Waals surface area contributed by atoms with Gasteiger partial charge in [-0.25, -0.2) is 4.98 Å². The van der Waals surface area contributed by atoms with Gasteiger partial charge in [0.1, 0.15) is 6.04 Å². The van der Waals surface area contributed by atoms with E-state index in [0.717, 1.165) is 17.0 Å². The third-order valence-electron chi connectivity index (χ3n) is 4.74. The van der Waals surface area contributed by atoms with Crippen molar-refractivity contribution in [1.29, 1.82) is 0 Å². The molecule has 1 aromatic heterocycles. The maximum Gasteiger partial charge on any atom is 0.174 e. The first kappa shape index (κ1) is 18.5. The Morgan fingerprint density at radius 3 is 2.61 bits per heavy atom. The second-order valence-electron chi connectivity index (χ2n) is 6.46. The van der Waals surface area contributed by atoms with Crippen LogP contribution in [0.1, 0.15) is 23.0 Å². The quantitative estimate of drug-likeness (QED) is 0.644. The van der Waals surface area contributed by atoms with E-state index in [0.29, 0.717) is 10.7 Å². The van der Waals surface area contributed by atoms with Crippen molar-refractivity contribution >= 4 is 40.6 Å². The monoisotopic (exact) mass is 411 g/mol. The first-order valence-electron chi connectivity index (χ1n) is 8.67. The average molecular weight is 412 g/mol. The maximum atomic E-state index is 12.0. The summed E-state index contributed by atoms with van der Waals surface area (Å²) in [5.41, 5.74) is 3.13. The third-order valence-corrected chi connectivity index (χ3v) is 5.30. The van der Waals surface area contributed by atoms with Crippen molar-refractivity contribution in [3.8, 4) is 0 Å². The molecule has 0 saturated heterocycles. The van der Waals surface area contributed by atoms with Gasteiger partial charge in [0.15, 0.2) is 5.11 Å². The van der Waals surface area contributed by atoms with Gasteiger partial charge in [0, 0.05) is 22.8 Å². The molecule has 2 aromatic carbocycles. The summed E-state index contributed by atoms with van der Waals surface area (Å²) < 4.78 is 0. The number of halogens is 1. The van der Waals surface area contributed by atoms with Crippen LogP contribution in [-0.2, 0) is 11.2 Å². The number of carboxylic acid groups (broad SMARTS) is 1. The lowest BCUT2D eigenvalue weighted by Gasteiger charge is -2.43. The van der Waals surface area contributed by atoms with Gasteiger partial charge in [-0.3, -0.25) is 0 Å². The van der Waals surface area contributed by atoms with Gasteiger partial charge in [-0.05, 0) is 42.0 Å². The van der Waals surface area contributed by atoms with Crippen LogP contribution in [0.5, 0.6) is 0 Å². The molecule has 3 aromatic rings. The molecule has 2 atom stereocenters. The van der Waals surface area contributed by atoms with Gasteiger partial charge in [0.2, 0.25) is 0 Å². The van der Waals surface area contributed by atoms with Crippen molar-refractivity contribution in [2.45, 2.75) is 18.5 Å². The lowest BCUT2D eigenvalue weighted by atomic mass is 9.91. The number of carboxylic acids is 1. The number of rotatable bonds is 3. The van der Waals surface area contributed by atoms with Gasteiger partial charge in [0.25, 0.3) is 0 Å². The summed E-state index contributed by atoms with van der Waals surface area (Å²) in [6.07, 6.45) is 1.80. The predicted molar refractivity (Wildman–Crippen MR) is 109 cm³/mol. The number of carbonyl (C=O) groups excluding carboxylic acids is 1. The standard InChI is InChI=1S/C20H17ClN4O2S/c21-13-6-8-14(9-7-13)24-20(28)25-16(19(26)27)10-15-17(23-11-22-15)18(25)12-4-2-1-3-5-12/h1-9,11,16,18H,10H2,(H,22,23)(H,24,28)(H,26,27)/p-1/t16-,18-/m0/s1. The van der Waals surface area contributed by atoms with Crippen molar-refractivity contribution < 1.29 is 9.90 Å². The lowest BCUT2D eigenvalue weighted by molar-refractivity contribution is -0.311. The summed E-state index contributed by atoms with van der Waals surface area (Å²) in [6.45, 7) is 0. The molecule has 4 rings (SSSR count). The number of imidazole rings is 1. The number of thiocarbonyl (C=S) groups is 1. The number of anilines is 1. The fraction of sp³-hybridized carbons (Fsp3) is 0.150. The number of benzene rings is 2. The third kappa shape index (κ3) is 3.46. The molecule has 0 bridgehead atoms. The fourth-order valence-corrected chi connectivity index (χ4v) is 3.94. The molecule has 0 unspecified atom stereocenters. The zero-order valence-electron chi connectivity index (χ0n) is 14.6. The summed E-state index contributed by atoms with van der Waals surface area (Å²) >= 11 is 11.6. The summed E-state index contributed by atoms with van der Waals surface area (Å²) in [7, 11) is 0. The number of fused-ring (bicyclic) bond motifs is 1. The summed E-state index contributed by atoms with van der Waals surface area (Å²) in [6, 6.07) is 15.2. The minimum Gasteiger partial charge on any atom is -0.548 e. The van der Waals surface area contributed by atoms with Crippen molar-refractivity contribution in [2.75, 3.05) is 5.32 Å². The van der Waals surface area contributed by atoms with Crippen molar-refractivity contribution in [2.24, 2.45) is 0 Å². The highest BCUT2D eigenvalue weighted by atomic mass is 35.5. The molecule has 2 heterocycles. The van der Waals surface area contributed by atoms with Crippen molar-refractivity contribution in [3.63, 3.8) is 0 Å². The molecule has 28 heavy (non-hydrogen) atoms. The van der Waals surface area contributed by atoms with Gasteiger partial charge in [-0.15, -0.1) is 0 Å². The Hall–Kier alpha value is -2.90. The van der Waals surface area contributed by atoms with E-state index in [-0.39, 0.29) is 11.5 Å². The number of aromatic nitrogens is 2. The Morgan fingerprint density at radius 2 is 1.93 bits per heavy atom. The molecule has 8 heteroatoms. The summed E-state index contributed by atoms with van der Waals surface area (Å²) in [5, 5.41) is 16.0. The van der Waals surface area contributed by atoms with Crippen molar-refractivity contribution in [3.05, 3.63) is 82.9 Å². The molecule has 2 N–H and O–H groups in total. The van der Waals surface area contributed by atoms with E-state index < -0.39 is 18.1 Å². The van der Waals surface area contributed by atoms with Gasteiger partial charge < -0.3 is 25.1 Å². The van der Waals surface area contributed by atoms with Crippen molar-refractivity contribution in [1.82, 2.24) is 14.9 Å². The lowest BCUT2D eigenvalue weighted by Crippen LogP contribution is -2.56. The number of carbonyl (C=O) groups is 1. The van der Waals surface area contributed by atoms with Crippen LogP contribution in [0.15, 0.2) is 60.9 Å². The first-order valence-corrected chi connectivity index (χ1v) is 9.46. The topological polar surface area (TPSA) is 84.1 Å². The molecular weight excluding hydrogens is 396 g/mol. The smallest absolute Gasteiger partial charge is 0.174 e.